The molecule has 3 N–H and O–H groups in total. The molecule has 0 unspecified atom stereocenters. The number of hydrogen-bond acceptors (Lipinski definition) is 3. The highest BCUT2D eigenvalue weighted by atomic mass is 35.5. The SMILES string of the molecule is CC(C)(C)NCC(=O)c1cc(Cl)c(N)c(C(F)(F)F)c1.Cl. The Labute approximate surface area is 132 Å². The van der Waals surface area contributed by atoms with Crippen LogP contribution < -0.4 is 11.1 Å². The zero-order valence-corrected chi connectivity index (χ0v) is 13.3. The van der Waals surface area contributed by atoms with Crippen molar-refractivity contribution in [2.45, 2.75) is 32.5 Å². The first-order valence-electron chi connectivity index (χ1n) is 5.86. The molecule has 0 amide bonds. The molecule has 0 fully saturated rings. The van der Waals surface area contributed by atoms with E-state index in [2.05, 4.69) is 5.32 Å². The predicted molar refractivity (Wildman–Crippen MR) is 80.2 cm³/mol. The molecule has 1 aromatic rings. The Morgan fingerprint density at radius 3 is 2.24 bits per heavy atom. The van der Waals surface area contributed by atoms with Gasteiger partial charge in [0.25, 0.3) is 0 Å². The van der Waals surface area contributed by atoms with E-state index in [-0.39, 0.29) is 35.1 Å². The van der Waals surface area contributed by atoms with Crippen molar-refractivity contribution in [1.82, 2.24) is 5.32 Å². The summed E-state index contributed by atoms with van der Waals surface area (Å²) >= 11 is 5.66. The van der Waals surface area contributed by atoms with E-state index < -0.39 is 23.2 Å². The van der Waals surface area contributed by atoms with Gasteiger partial charge in [-0.2, -0.15) is 13.2 Å². The monoisotopic (exact) mass is 344 g/mol. The van der Waals surface area contributed by atoms with Gasteiger partial charge in [0.1, 0.15) is 0 Å². The lowest BCUT2D eigenvalue weighted by molar-refractivity contribution is -0.136. The Balaban J connectivity index is 0.00000400. The van der Waals surface area contributed by atoms with Gasteiger partial charge in [0.05, 0.1) is 22.8 Å². The van der Waals surface area contributed by atoms with E-state index >= 15 is 0 Å². The minimum absolute atomic E-state index is 0. The maximum atomic E-state index is 12.8. The van der Waals surface area contributed by atoms with E-state index in [1.54, 1.807) is 0 Å². The number of benzene rings is 1. The van der Waals surface area contributed by atoms with Crippen LogP contribution in [0, 0.1) is 0 Å². The van der Waals surface area contributed by atoms with Crippen LogP contribution in [0.15, 0.2) is 12.1 Å². The van der Waals surface area contributed by atoms with Crippen molar-refractivity contribution in [2.24, 2.45) is 0 Å². The fraction of sp³-hybridized carbons (Fsp3) is 0.462. The number of alkyl halides is 3. The molecule has 21 heavy (non-hydrogen) atoms. The van der Waals surface area contributed by atoms with Gasteiger partial charge >= 0.3 is 6.18 Å². The number of carbonyl (C=O) groups excluding carboxylic acids is 1. The van der Waals surface area contributed by atoms with Crippen LogP contribution in [0.25, 0.3) is 0 Å². The van der Waals surface area contributed by atoms with Crippen molar-refractivity contribution in [3.05, 3.63) is 28.3 Å². The van der Waals surface area contributed by atoms with Gasteiger partial charge in [0.15, 0.2) is 5.78 Å². The molecule has 0 spiro atoms. The van der Waals surface area contributed by atoms with E-state index in [9.17, 15) is 18.0 Å². The van der Waals surface area contributed by atoms with Crippen LogP contribution >= 0.6 is 24.0 Å². The number of ketones is 1. The average Bonchev–Trinajstić information content (AvgIpc) is 2.26. The summed E-state index contributed by atoms with van der Waals surface area (Å²) in [5.41, 5.74) is 3.20. The molecule has 0 atom stereocenters. The minimum atomic E-state index is -4.65. The fourth-order valence-electron chi connectivity index (χ4n) is 1.46. The molecule has 0 aliphatic rings. The zero-order chi connectivity index (χ0) is 15.7. The Kier molecular flexibility index (Phi) is 6.53. The molecular weight excluding hydrogens is 328 g/mol. The number of nitrogens with one attached hydrogen (secondary N) is 1. The highest BCUT2D eigenvalue weighted by Crippen LogP contribution is 2.37. The van der Waals surface area contributed by atoms with E-state index in [1.807, 2.05) is 20.8 Å². The van der Waals surface area contributed by atoms with Crippen molar-refractivity contribution < 1.29 is 18.0 Å². The van der Waals surface area contributed by atoms with Crippen LogP contribution in [-0.4, -0.2) is 17.9 Å². The van der Waals surface area contributed by atoms with Crippen molar-refractivity contribution in [3.63, 3.8) is 0 Å². The number of anilines is 1. The number of carbonyl (C=O) groups is 1. The molecule has 0 aromatic heterocycles. The largest absolute Gasteiger partial charge is 0.418 e. The number of hydrogen-bond donors (Lipinski definition) is 2. The Morgan fingerprint density at radius 1 is 1.29 bits per heavy atom. The topological polar surface area (TPSA) is 55.1 Å². The second-order valence-electron chi connectivity index (χ2n) is 5.44. The summed E-state index contributed by atoms with van der Waals surface area (Å²) in [5, 5.41) is 2.63. The molecule has 0 radical (unpaired) electrons. The first-order valence-corrected chi connectivity index (χ1v) is 6.24. The summed E-state index contributed by atoms with van der Waals surface area (Å²) in [6.45, 7) is 5.45. The zero-order valence-electron chi connectivity index (χ0n) is 11.8. The van der Waals surface area contributed by atoms with E-state index in [0.717, 1.165) is 12.1 Å². The van der Waals surface area contributed by atoms with Gasteiger partial charge < -0.3 is 11.1 Å². The molecule has 8 heteroatoms. The van der Waals surface area contributed by atoms with Gasteiger partial charge in [-0.3, -0.25) is 4.79 Å². The van der Waals surface area contributed by atoms with Crippen molar-refractivity contribution >= 4 is 35.5 Å². The maximum Gasteiger partial charge on any atom is 0.418 e. The first-order chi connectivity index (χ1) is 8.92. The molecule has 0 aliphatic heterocycles. The van der Waals surface area contributed by atoms with Gasteiger partial charge in [-0.05, 0) is 32.9 Å². The summed E-state index contributed by atoms with van der Waals surface area (Å²) in [7, 11) is 0. The van der Waals surface area contributed by atoms with Gasteiger partial charge in [-0.15, -0.1) is 12.4 Å². The van der Waals surface area contributed by atoms with Crippen molar-refractivity contribution in [1.29, 1.82) is 0 Å². The smallest absolute Gasteiger partial charge is 0.397 e. The molecule has 1 aromatic carbocycles. The van der Waals surface area contributed by atoms with Crippen LogP contribution in [0.3, 0.4) is 0 Å². The van der Waals surface area contributed by atoms with E-state index in [0.29, 0.717) is 0 Å². The summed E-state index contributed by atoms with van der Waals surface area (Å²) in [5.74, 6) is -0.479. The van der Waals surface area contributed by atoms with Crippen LogP contribution in [0.5, 0.6) is 0 Å². The Bertz CT molecular complexity index is 525. The quantitative estimate of drug-likeness (QED) is 0.645. The number of nitrogens with two attached hydrogens (primary N) is 1. The highest BCUT2D eigenvalue weighted by Gasteiger charge is 2.34. The number of nitrogen functional groups attached to an aromatic ring is 1. The standard InChI is InChI=1S/C13H16ClF3N2O.ClH/c1-12(2,3)19-6-10(20)7-4-8(13(15,16)17)11(18)9(14)5-7;/h4-5,19H,6,18H2,1-3H3;1H. The number of rotatable bonds is 3. The molecule has 0 heterocycles. The third-order valence-electron chi connectivity index (χ3n) is 2.54. The normalized spacial score (nSPS) is 12.0. The molecule has 120 valence electrons. The average molecular weight is 345 g/mol. The Hall–Kier alpha value is -0.980. The van der Waals surface area contributed by atoms with Gasteiger partial charge in [-0.1, -0.05) is 11.6 Å². The molecule has 0 aliphatic carbocycles. The first kappa shape index (κ1) is 20.0. The molecule has 0 saturated carbocycles. The molecular formula is C13H17Cl2F3N2O. The summed E-state index contributed by atoms with van der Waals surface area (Å²) < 4.78 is 38.3. The highest BCUT2D eigenvalue weighted by molar-refractivity contribution is 6.33. The second kappa shape index (κ2) is 6.85. The molecule has 1 rings (SSSR count). The lowest BCUT2D eigenvalue weighted by Crippen LogP contribution is -2.39. The molecule has 0 bridgehead atoms. The summed E-state index contributed by atoms with van der Waals surface area (Å²) in [6.07, 6.45) is -4.65. The van der Waals surface area contributed by atoms with Gasteiger partial charge in [0.2, 0.25) is 0 Å². The third kappa shape index (κ3) is 5.73. The molecule has 0 saturated heterocycles. The van der Waals surface area contributed by atoms with Gasteiger partial charge in [-0.25, -0.2) is 0 Å². The van der Waals surface area contributed by atoms with E-state index in [4.69, 9.17) is 17.3 Å². The van der Waals surface area contributed by atoms with Crippen LogP contribution in [0.2, 0.25) is 5.02 Å². The van der Waals surface area contributed by atoms with Gasteiger partial charge in [0, 0.05) is 11.1 Å². The second-order valence-corrected chi connectivity index (χ2v) is 5.85. The van der Waals surface area contributed by atoms with Crippen molar-refractivity contribution in [2.75, 3.05) is 12.3 Å². The summed E-state index contributed by atoms with van der Waals surface area (Å²) in [4.78, 5) is 11.9. The number of Topliss-reactive ketones (excluding diaryl/α,β-unsaturated/α-hetero) is 1. The third-order valence-corrected chi connectivity index (χ3v) is 2.85. The predicted octanol–water partition coefficient (Wildman–Crippen LogP) is 3.93. The van der Waals surface area contributed by atoms with Crippen LogP contribution in [0.4, 0.5) is 18.9 Å². The fourth-order valence-corrected chi connectivity index (χ4v) is 1.68. The molecule has 3 nitrogen and oxygen atoms in total. The van der Waals surface area contributed by atoms with Crippen LogP contribution in [-0.2, 0) is 6.18 Å². The minimum Gasteiger partial charge on any atom is -0.397 e. The maximum absolute atomic E-state index is 12.8. The van der Waals surface area contributed by atoms with Crippen LogP contribution in [0.1, 0.15) is 36.7 Å². The van der Waals surface area contributed by atoms with E-state index in [1.165, 1.54) is 0 Å². The number of halogens is 5. The Morgan fingerprint density at radius 2 is 1.81 bits per heavy atom. The lowest BCUT2D eigenvalue weighted by Gasteiger charge is -2.20. The summed E-state index contributed by atoms with van der Waals surface area (Å²) in [6, 6.07) is 1.88. The lowest BCUT2D eigenvalue weighted by atomic mass is 10.0. The van der Waals surface area contributed by atoms with Crippen molar-refractivity contribution in [3.8, 4) is 0 Å².